The first-order valence-electron chi connectivity index (χ1n) is 9.24. The van der Waals surface area contributed by atoms with Crippen LogP contribution in [-0.4, -0.2) is 37.7 Å². The zero-order valence-corrected chi connectivity index (χ0v) is 14.5. The molecule has 0 unspecified atom stereocenters. The molecule has 0 amide bonds. The summed E-state index contributed by atoms with van der Waals surface area (Å²) in [7, 11) is 0. The standard InChI is InChI=1S/C22H24N2O/c23-16-17-1-3-18(4-2-17)19-5-7-20(8-6-19)22-15-21(22)9-10-24-11-13-25-14-12-24/h1-8,21-22H,9-15H2/t21-,22+/m0/s1. The highest BCUT2D eigenvalue weighted by Gasteiger charge is 2.37. The molecule has 0 bridgehead atoms. The Balaban J connectivity index is 1.32. The molecule has 0 N–H and O–H groups in total. The van der Waals surface area contributed by atoms with E-state index in [0.717, 1.165) is 38.1 Å². The molecule has 1 aliphatic carbocycles. The molecular formula is C22H24N2O. The number of hydrogen-bond acceptors (Lipinski definition) is 3. The Labute approximate surface area is 149 Å². The molecule has 0 spiro atoms. The molecule has 2 aromatic rings. The summed E-state index contributed by atoms with van der Waals surface area (Å²) in [5.41, 5.74) is 4.58. The quantitative estimate of drug-likeness (QED) is 0.829. The lowest BCUT2D eigenvalue weighted by Gasteiger charge is -2.26. The van der Waals surface area contributed by atoms with E-state index in [-0.39, 0.29) is 0 Å². The third-order valence-electron chi connectivity index (χ3n) is 5.53. The molecular weight excluding hydrogens is 308 g/mol. The van der Waals surface area contributed by atoms with E-state index >= 15 is 0 Å². The highest BCUT2D eigenvalue weighted by molar-refractivity contribution is 5.64. The monoisotopic (exact) mass is 332 g/mol. The molecule has 25 heavy (non-hydrogen) atoms. The summed E-state index contributed by atoms with van der Waals surface area (Å²) in [6.07, 6.45) is 2.64. The van der Waals surface area contributed by atoms with Gasteiger partial charge in [0.15, 0.2) is 0 Å². The molecule has 3 nitrogen and oxygen atoms in total. The first kappa shape index (κ1) is 16.3. The van der Waals surface area contributed by atoms with Gasteiger partial charge >= 0.3 is 0 Å². The van der Waals surface area contributed by atoms with Crippen molar-refractivity contribution >= 4 is 0 Å². The second-order valence-corrected chi connectivity index (χ2v) is 7.16. The van der Waals surface area contributed by atoms with Crippen LogP contribution in [0.5, 0.6) is 0 Å². The maximum Gasteiger partial charge on any atom is 0.0991 e. The Kier molecular flexibility index (Phi) is 4.83. The van der Waals surface area contributed by atoms with Crippen LogP contribution in [0.4, 0.5) is 0 Å². The molecule has 1 saturated carbocycles. The average molecular weight is 332 g/mol. The van der Waals surface area contributed by atoms with Crippen LogP contribution in [0.15, 0.2) is 48.5 Å². The SMILES string of the molecule is N#Cc1ccc(-c2ccc([C@H]3C[C@@H]3CCN3CCOCC3)cc2)cc1. The van der Waals surface area contributed by atoms with Crippen LogP contribution in [0.2, 0.25) is 0 Å². The summed E-state index contributed by atoms with van der Waals surface area (Å²) in [5.74, 6) is 1.60. The maximum absolute atomic E-state index is 8.90. The Morgan fingerprint density at radius 2 is 1.60 bits per heavy atom. The van der Waals surface area contributed by atoms with Gasteiger partial charge in [0.1, 0.15) is 0 Å². The van der Waals surface area contributed by atoms with Gasteiger partial charge in [-0.2, -0.15) is 5.26 Å². The third kappa shape index (κ3) is 3.92. The molecule has 2 fully saturated rings. The van der Waals surface area contributed by atoms with Crippen molar-refractivity contribution in [3.63, 3.8) is 0 Å². The van der Waals surface area contributed by atoms with Gasteiger partial charge in [-0.05, 0) is 60.0 Å². The first-order valence-corrected chi connectivity index (χ1v) is 9.24. The van der Waals surface area contributed by atoms with Crippen molar-refractivity contribution in [2.45, 2.75) is 18.8 Å². The van der Waals surface area contributed by atoms with Gasteiger partial charge in [-0.3, -0.25) is 4.90 Å². The second-order valence-electron chi connectivity index (χ2n) is 7.16. The Bertz CT molecular complexity index is 739. The van der Waals surface area contributed by atoms with Crippen LogP contribution in [0.3, 0.4) is 0 Å². The topological polar surface area (TPSA) is 36.3 Å². The number of benzene rings is 2. The summed E-state index contributed by atoms with van der Waals surface area (Å²) >= 11 is 0. The van der Waals surface area contributed by atoms with Crippen molar-refractivity contribution in [2.24, 2.45) is 5.92 Å². The highest BCUT2D eigenvalue weighted by Crippen LogP contribution is 2.49. The molecule has 1 heterocycles. The van der Waals surface area contributed by atoms with Crippen LogP contribution in [0, 0.1) is 17.2 Å². The van der Waals surface area contributed by atoms with Crippen molar-refractivity contribution in [1.82, 2.24) is 4.90 Å². The van der Waals surface area contributed by atoms with Gasteiger partial charge in [-0.15, -0.1) is 0 Å². The van der Waals surface area contributed by atoms with Crippen LogP contribution in [-0.2, 0) is 4.74 Å². The van der Waals surface area contributed by atoms with Crippen molar-refractivity contribution in [1.29, 1.82) is 5.26 Å². The van der Waals surface area contributed by atoms with Gasteiger partial charge in [0.25, 0.3) is 0 Å². The minimum atomic E-state index is 0.710. The third-order valence-corrected chi connectivity index (χ3v) is 5.53. The lowest BCUT2D eigenvalue weighted by molar-refractivity contribution is 0.0367. The van der Waals surface area contributed by atoms with Crippen molar-refractivity contribution in [3.05, 3.63) is 59.7 Å². The number of ether oxygens (including phenoxy) is 1. The fourth-order valence-corrected chi connectivity index (χ4v) is 3.81. The number of hydrogen-bond donors (Lipinski definition) is 0. The van der Waals surface area contributed by atoms with Gasteiger partial charge in [0, 0.05) is 13.1 Å². The van der Waals surface area contributed by atoms with Crippen LogP contribution in [0.1, 0.15) is 29.9 Å². The van der Waals surface area contributed by atoms with Gasteiger partial charge < -0.3 is 4.74 Å². The van der Waals surface area contributed by atoms with E-state index in [2.05, 4.69) is 35.2 Å². The Hall–Kier alpha value is -2.15. The number of morpholine rings is 1. The summed E-state index contributed by atoms with van der Waals surface area (Å²) < 4.78 is 5.42. The molecule has 0 aromatic heterocycles. The first-order chi connectivity index (χ1) is 12.3. The maximum atomic E-state index is 8.90. The molecule has 1 aliphatic heterocycles. The zero-order chi connectivity index (χ0) is 17.1. The lowest BCUT2D eigenvalue weighted by Crippen LogP contribution is -2.37. The molecule has 128 valence electrons. The largest absolute Gasteiger partial charge is 0.379 e. The van der Waals surface area contributed by atoms with Gasteiger partial charge in [-0.25, -0.2) is 0 Å². The van der Waals surface area contributed by atoms with Gasteiger partial charge in [0.2, 0.25) is 0 Å². The van der Waals surface area contributed by atoms with Gasteiger partial charge in [0.05, 0.1) is 24.8 Å². The number of rotatable bonds is 5. The lowest BCUT2D eigenvalue weighted by atomic mass is 10.0. The Morgan fingerprint density at radius 1 is 0.960 bits per heavy atom. The normalized spacial score (nSPS) is 23.2. The summed E-state index contributed by atoms with van der Waals surface area (Å²) in [5, 5.41) is 8.90. The van der Waals surface area contributed by atoms with Crippen molar-refractivity contribution < 1.29 is 4.74 Å². The smallest absolute Gasteiger partial charge is 0.0991 e. The second kappa shape index (κ2) is 7.39. The molecule has 0 radical (unpaired) electrons. The van der Waals surface area contributed by atoms with Crippen molar-refractivity contribution in [2.75, 3.05) is 32.8 Å². The van der Waals surface area contributed by atoms with Crippen LogP contribution >= 0.6 is 0 Å². The summed E-state index contributed by atoms with van der Waals surface area (Å²) in [6.45, 7) is 5.19. The highest BCUT2D eigenvalue weighted by atomic mass is 16.5. The summed E-state index contributed by atoms with van der Waals surface area (Å²) in [4.78, 5) is 2.53. The average Bonchev–Trinajstić information content (AvgIpc) is 3.47. The van der Waals surface area contributed by atoms with Crippen molar-refractivity contribution in [3.8, 4) is 17.2 Å². The summed E-state index contributed by atoms with van der Waals surface area (Å²) in [6, 6.07) is 19.0. The van der Waals surface area contributed by atoms with E-state index in [1.165, 1.54) is 36.1 Å². The molecule has 2 aliphatic rings. The van der Waals surface area contributed by atoms with E-state index in [9.17, 15) is 0 Å². The fraction of sp³-hybridized carbons (Fsp3) is 0.409. The molecule has 3 heteroatoms. The van der Waals surface area contributed by atoms with E-state index in [4.69, 9.17) is 10.00 Å². The zero-order valence-electron chi connectivity index (χ0n) is 14.5. The molecule has 2 aromatic carbocycles. The van der Waals surface area contributed by atoms with Crippen LogP contribution in [0.25, 0.3) is 11.1 Å². The predicted octanol–water partition coefficient (Wildman–Crippen LogP) is 4.05. The molecule has 2 atom stereocenters. The number of nitrogens with zero attached hydrogens (tertiary/aromatic N) is 2. The van der Waals surface area contributed by atoms with Crippen LogP contribution < -0.4 is 0 Å². The number of nitriles is 1. The minimum Gasteiger partial charge on any atom is -0.379 e. The fourth-order valence-electron chi connectivity index (χ4n) is 3.81. The van der Waals surface area contributed by atoms with E-state index in [0.29, 0.717) is 5.56 Å². The van der Waals surface area contributed by atoms with E-state index < -0.39 is 0 Å². The molecule has 1 saturated heterocycles. The van der Waals surface area contributed by atoms with Gasteiger partial charge in [-0.1, -0.05) is 36.4 Å². The molecule has 4 rings (SSSR count). The van der Waals surface area contributed by atoms with E-state index in [1.54, 1.807) is 0 Å². The Morgan fingerprint density at radius 3 is 2.24 bits per heavy atom. The predicted molar refractivity (Wildman–Crippen MR) is 99.3 cm³/mol. The van der Waals surface area contributed by atoms with E-state index in [1.807, 2.05) is 24.3 Å². The minimum absolute atomic E-state index is 0.710.